The van der Waals surface area contributed by atoms with Crippen molar-refractivity contribution in [3.8, 4) is 5.75 Å². The lowest BCUT2D eigenvalue weighted by Crippen LogP contribution is -2.28. The number of amides is 1. The quantitative estimate of drug-likeness (QED) is 0.773. The number of aryl methyl sites for hydroxylation is 2. The van der Waals surface area contributed by atoms with E-state index in [0.717, 1.165) is 18.4 Å². The van der Waals surface area contributed by atoms with E-state index in [1.54, 1.807) is 13.0 Å². The van der Waals surface area contributed by atoms with Gasteiger partial charge in [0.25, 0.3) is 5.91 Å². The van der Waals surface area contributed by atoms with Crippen LogP contribution in [0.5, 0.6) is 5.75 Å². The molecule has 0 spiro atoms. The fraction of sp³-hybridized carbons (Fsp3) is 0.238. The Balaban J connectivity index is 1.69. The first kappa shape index (κ1) is 16.5. The summed E-state index contributed by atoms with van der Waals surface area (Å²) in [6, 6.07) is 12.5. The molecule has 2 aromatic carbocycles. The highest BCUT2D eigenvalue weighted by molar-refractivity contribution is 5.98. The van der Waals surface area contributed by atoms with Gasteiger partial charge in [0.15, 0.2) is 0 Å². The molecule has 132 valence electrons. The summed E-state index contributed by atoms with van der Waals surface area (Å²) in [6.45, 7) is 1.77. The molecule has 1 heterocycles. The second-order valence-corrected chi connectivity index (χ2v) is 6.59. The van der Waals surface area contributed by atoms with E-state index in [-0.39, 0.29) is 23.5 Å². The van der Waals surface area contributed by atoms with Crippen molar-refractivity contribution in [2.24, 2.45) is 0 Å². The van der Waals surface area contributed by atoms with Gasteiger partial charge in [0.05, 0.1) is 18.7 Å². The second kappa shape index (κ2) is 6.41. The zero-order chi connectivity index (χ0) is 18.3. The number of carbonyl (C=O) groups excluding carboxylic acids is 1. The van der Waals surface area contributed by atoms with E-state index in [1.807, 2.05) is 12.1 Å². The number of fused-ring (bicyclic) bond motifs is 2. The van der Waals surface area contributed by atoms with E-state index >= 15 is 0 Å². The number of rotatable bonds is 3. The molecule has 0 fully saturated rings. The molecule has 0 aliphatic heterocycles. The molecule has 1 aromatic heterocycles. The van der Waals surface area contributed by atoms with Gasteiger partial charge in [0.2, 0.25) is 0 Å². The van der Waals surface area contributed by atoms with Crippen LogP contribution in [0, 0.1) is 12.7 Å². The van der Waals surface area contributed by atoms with Crippen LogP contribution in [-0.2, 0) is 6.42 Å². The minimum absolute atomic E-state index is 0.0171. The maximum absolute atomic E-state index is 13.7. The topological polar surface area (TPSA) is 51.2 Å². The predicted molar refractivity (Wildman–Crippen MR) is 98.0 cm³/mol. The first-order chi connectivity index (χ1) is 12.6. The first-order valence-electron chi connectivity index (χ1n) is 8.60. The van der Waals surface area contributed by atoms with E-state index in [2.05, 4.69) is 22.4 Å². The smallest absolute Gasteiger partial charge is 0.270 e. The molecular formula is C21H19FN2O2. The summed E-state index contributed by atoms with van der Waals surface area (Å²) in [6.07, 6.45) is 1.83. The zero-order valence-electron chi connectivity index (χ0n) is 14.7. The van der Waals surface area contributed by atoms with E-state index in [1.165, 1.54) is 24.8 Å². The summed E-state index contributed by atoms with van der Waals surface area (Å²) < 4.78 is 19.1. The molecule has 5 heteroatoms. The number of methoxy groups -OCH3 is 1. The van der Waals surface area contributed by atoms with Crippen molar-refractivity contribution in [2.45, 2.75) is 25.8 Å². The molecule has 0 radical (unpaired) electrons. The normalized spacial score (nSPS) is 15.7. The standard InChI is InChI=1S/C21H19FN2O2/c1-12-9-14(22)10-16-19(26-2)11-18(23-20(12)16)21(25)24-17-8-7-13-5-3-4-6-15(13)17/h3-6,9-11,17H,7-8H2,1-2H3,(H,24,25)/t17-/m0/s1. The highest BCUT2D eigenvalue weighted by Crippen LogP contribution is 2.32. The molecule has 1 amide bonds. The van der Waals surface area contributed by atoms with Crippen molar-refractivity contribution in [3.05, 3.63) is 70.7 Å². The number of nitrogens with one attached hydrogen (secondary N) is 1. The van der Waals surface area contributed by atoms with Gasteiger partial charge in [-0.15, -0.1) is 0 Å². The number of benzene rings is 2. The lowest BCUT2D eigenvalue weighted by Gasteiger charge is -2.15. The average molecular weight is 350 g/mol. The largest absolute Gasteiger partial charge is 0.496 e. The van der Waals surface area contributed by atoms with Gasteiger partial charge >= 0.3 is 0 Å². The summed E-state index contributed by atoms with van der Waals surface area (Å²) >= 11 is 0. The predicted octanol–water partition coefficient (Wildman–Crippen LogP) is 4.11. The lowest BCUT2D eigenvalue weighted by molar-refractivity contribution is 0.0931. The Morgan fingerprint density at radius 2 is 2.08 bits per heavy atom. The van der Waals surface area contributed by atoms with Crippen LogP contribution in [0.15, 0.2) is 42.5 Å². The van der Waals surface area contributed by atoms with Crippen LogP contribution < -0.4 is 10.1 Å². The van der Waals surface area contributed by atoms with Gasteiger partial charge in [-0.3, -0.25) is 4.79 Å². The lowest BCUT2D eigenvalue weighted by atomic mass is 10.1. The van der Waals surface area contributed by atoms with Crippen LogP contribution in [0.2, 0.25) is 0 Å². The van der Waals surface area contributed by atoms with Gasteiger partial charge in [0.1, 0.15) is 17.3 Å². The minimum atomic E-state index is -0.352. The molecule has 3 aromatic rings. The number of aromatic nitrogens is 1. The molecular weight excluding hydrogens is 331 g/mol. The van der Waals surface area contributed by atoms with Gasteiger partial charge in [-0.1, -0.05) is 24.3 Å². The number of pyridine rings is 1. The molecule has 0 saturated carbocycles. The van der Waals surface area contributed by atoms with E-state index in [0.29, 0.717) is 22.2 Å². The summed E-state index contributed by atoms with van der Waals surface area (Å²) in [4.78, 5) is 17.3. The molecule has 1 N–H and O–H groups in total. The molecule has 26 heavy (non-hydrogen) atoms. The molecule has 1 atom stereocenters. The molecule has 0 unspecified atom stereocenters. The number of halogens is 1. The number of hydrogen-bond acceptors (Lipinski definition) is 3. The van der Waals surface area contributed by atoms with Crippen LogP contribution in [0.3, 0.4) is 0 Å². The Labute approximate surface area is 151 Å². The average Bonchev–Trinajstić information content (AvgIpc) is 3.04. The summed E-state index contributed by atoms with van der Waals surface area (Å²) in [5, 5.41) is 3.63. The second-order valence-electron chi connectivity index (χ2n) is 6.59. The van der Waals surface area contributed by atoms with Crippen LogP contribution in [0.1, 0.15) is 39.6 Å². The SMILES string of the molecule is COc1cc(C(=O)N[C@H]2CCc3ccccc32)nc2c(C)cc(F)cc12. The van der Waals surface area contributed by atoms with E-state index < -0.39 is 0 Å². The van der Waals surface area contributed by atoms with Crippen LogP contribution >= 0.6 is 0 Å². The highest BCUT2D eigenvalue weighted by atomic mass is 19.1. The zero-order valence-corrected chi connectivity index (χ0v) is 14.7. The van der Waals surface area contributed by atoms with Gasteiger partial charge < -0.3 is 10.1 Å². The van der Waals surface area contributed by atoms with Gasteiger partial charge in [-0.25, -0.2) is 9.37 Å². The van der Waals surface area contributed by atoms with Crippen LogP contribution in [0.25, 0.3) is 10.9 Å². The van der Waals surface area contributed by atoms with Crippen LogP contribution in [-0.4, -0.2) is 18.0 Å². The summed E-state index contributed by atoms with van der Waals surface area (Å²) in [5.74, 6) is -0.167. The van der Waals surface area contributed by atoms with Crippen molar-refractivity contribution < 1.29 is 13.9 Å². The Morgan fingerprint density at radius 3 is 2.88 bits per heavy atom. The Bertz CT molecular complexity index is 1020. The third-order valence-corrected chi connectivity index (χ3v) is 4.92. The van der Waals surface area contributed by atoms with Gasteiger partial charge in [0, 0.05) is 11.5 Å². The Morgan fingerprint density at radius 1 is 1.27 bits per heavy atom. The van der Waals surface area contributed by atoms with Crippen molar-refractivity contribution in [1.29, 1.82) is 0 Å². The summed E-state index contributed by atoms with van der Waals surface area (Å²) in [7, 11) is 1.50. The number of carbonyl (C=O) groups is 1. The monoisotopic (exact) mass is 350 g/mol. The molecule has 0 saturated heterocycles. The number of ether oxygens (including phenoxy) is 1. The maximum atomic E-state index is 13.7. The van der Waals surface area contributed by atoms with Crippen molar-refractivity contribution >= 4 is 16.8 Å². The van der Waals surface area contributed by atoms with Crippen LogP contribution in [0.4, 0.5) is 4.39 Å². The number of nitrogens with zero attached hydrogens (tertiary/aromatic N) is 1. The Hall–Kier alpha value is -2.95. The minimum Gasteiger partial charge on any atom is -0.496 e. The highest BCUT2D eigenvalue weighted by Gasteiger charge is 2.25. The fourth-order valence-corrected chi connectivity index (χ4v) is 3.65. The molecule has 4 nitrogen and oxygen atoms in total. The van der Waals surface area contributed by atoms with Gasteiger partial charge in [-0.05, 0) is 48.6 Å². The molecule has 4 rings (SSSR count). The third kappa shape index (κ3) is 2.79. The van der Waals surface area contributed by atoms with Crippen molar-refractivity contribution in [2.75, 3.05) is 7.11 Å². The maximum Gasteiger partial charge on any atom is 0.270 e. The molecule has 0 bridgehead atoms. The van der Waals surface area contributed by atoms with Crippen molar-refractivity contribution in [1.82, 2.24) is 10.3 Å². The van der Waals surface area contributed by atoms with Crippen molar-refractivity contribution in [3.63, 3.8) is 0 Å². The summed E-state index contributed by atoms with van der Waals surface area (Å²) in [5.41, 5.74) is 3.94. The van der Waals surface area contributed by atoms with Gasteiger partial charge in [-0.2, -0.15) is 0 Å². The fourth-order valence-electron chi connectivity index (χ4n) is 3.65. The van der Waals surface area contributed by atoms with E-state index in [4.69, 9.17) is 4.74 Å². The molecule has 1 aliphatic carbocycles. The molecule has 1 aliphatic rings. The third-order valence-electron chi connectivity index (χ3n) is 4.92. The Kier molecular flexibility index (Phi) is 4.07. The first-order valence-corrected chi connectivity index (χ1v) is 8.60. The number of hydrogen-bond donors (Lipinski definition) is 1. The van der Waals surface area contributed by atoms with E-state index in [9.17, 15) is 9.18 Å².